The van der Waals surface area contributed by atoms with Crippen LogP contribution in [0.25, 0.3) is 5.65 Å². The van der Waals surface area contributed by atoms with Crippen LogP contribution in [0.1, 0.15) is 37.0 Å². The van der Waals surface area contributed by atoms with Gasteiger partial charge in [0.2, 0.25) is 5.65 Å². The number of hydrogen-bond acceptors (Lipinski definition) is 6. The summed E-state index contributed by atoms with van der Waals surface area (Å²) < 4.78 is 1.89. The van der Waals surface area contributed by atoms with Crippen molar-refractivity contribution in [2.45, 2.75) is 32.2 Å². The molecule has 0 unspecified atom stereocenters. The van der Waals surface area contributed by atoms with E-state index in [9.17, 15) is 0 Å². The zero-order valence-corrected chi connectivity index (χ0v) is 11.8. The molecule has 0 saturated carbocycles. The van der Waals surface area contributed by atoms with Crippen molar-refractivity contribution in [1.29, 1.82) is 0 Å². The molecule has 1 aliphatic heterocycles. The predicted octanol–water partition coefficient (Wildman–Crippen LogP) is 1.28. The number of piperidine rings is 1. The molecular weight excluding hydrogens is 268 g/mol. The number of rotatable bonds is 2. The first-order chi connectivity index (χ1) is 10.3. The standard InChI is InChI=1S/C13H16N8/c1-9-16-11(18-17-9)10-4-2-3-6-21(10)12-13-19-15-8-20(13)7-5-14-12/h5,7-8,10H,2-4,6H2,1H3,(H,16,17,18)/t10-/m1/s1. The van der Waals surface area contributed by atoms with E-state index in [1.165, 1.54) is 6.42 Å². The first-order valence-corrected chi connectivity index (χ1v) is 7.13. The van der Waals surface area contributed by atoms with E-state index >= 15 is 0 Å². The fraction of sp³-hybridized carbons (Fsp3) is 0.462. The molecule has 0 aromatic carbocycles. The van der Waals surface area contributed by atoms with Crippen molar-refractivity contribution >= 4 is 11.5 Å². The van der Waals surface area contributed by atoms with Crippen molar-refractivity contribution in [1.82, 2.24) is 34.8 Å². The van der Waals surface area contributed by atoms with Crippen molar-refractivity contribution in [3.05, 3.63) is 30.4 Å². The van der Waals surface area contributed by atoms with Crippen LogP contribution in [0.4, 0.5) is 5.82 Å². The van der Waals surface area contributed by atoms with Crippen molar-refractivity contribution in [2.24, 2.45) is 0 Å². The third kappa shape index (κ3) is 2.03. The van der Waals surface area contributed by atoms with E-state index in [2.05, 4.69) is 35.3 Å². The molecule has 8 heteroatoms. The number of aryl methyl sites for hydroxylation is 1. The molecule has 3 aromatic rings. The van der Waals surface area contributed by atoms with E-state index in [0.29, 0.717) is 0 Å². The van der Waals surface area contributed by atoms with Gasteiger partial charge in [-0.25, -0.2) is 9.97 Å². The van der Waals surface area contributed by atoms with E-state index in [1.54, 1.807) is 12.5 Å². The largest absolute Gasteiger partial charge is 0.343 e. The number of H-pyrrole nitrogens is 1. The lowest BCUT2D eigenvalue weighted by molar-refractivity contribution is 0.454. The SMILES string of the molecule is Cc1nc([C@H]2CCCCN2c2nccn3cnnc23)n[nH]1. The minimum atomic E-state index is 0.138. The third-order valence-electron chi connectivity index (χ3n) is 3.88. The molecule has 21 heavy (non-hydrogen) atoms. The second kappa shape index (κ2) is 4.80. The minimum Gasteiger partial charge on any atom is -0.343 e. The van der Waals surface area contributed by atoms with Gasteiger partial charge in [-0.15, -0.1) is 10.2 Å². The lowest BCUT2D eigenvalue weighted by Crippen LogP contribution is -2.35. The molecule has 0 amide bonds. The smallest absolute Gasteiger partial charge is 0.203 e. The molecule has 1 aliphatic rings. The summed E-state index contributed by atoms with van der Waals surface area (Å²) in [5.74, 6) is 2.52. The van der Waals surface area contributed by atoms with Crippen molar-refractivity contribution in [3.63, 3.8) is 0 Å². The Balaban J connectivity index is 1.79. The number of hydrogen-bond donors (Lipinski definition) is 1. The lowest BCUT2D eigenvalue weighted by atomic mass is 10.0. The van der Waals surface area contributed by atoms with Crippen molar-refractivity contribution in [2.75, 3.05) is 11.4 Å². The highest BCUT2D eigenvalue weighted by atomic mass is 15.3. The van der Waals surface area contributed by atoms with Gasteiger partial charge in [-0.2, -0.15) is 5.10 Å². The molecule has 1 saturated heterocycles. The van der Waals surface area contributed by atoms with Crippen LogP contribution in [-0.4, -0.2) is 41.3 Å². The minimum absolute atomic E-state index is 0.138. The highest BCUT2D eigenvalue weighted by Gasteiger charge is 2.29. The second-order valence-corrected chi connectivity index (χ2v) is 5.30. The van der Waals surface area contributed by atoms with Gasteiger partial charge in [-0.05, 0) is 26.2 Å². The predicted molar refractivity (Wildman–Crippen MR) is 75.8 cm³/mol. The maximum atomic E-state index is 4.52. The summed E-state index contributed by atoms with van der Waals surface area (Å²) in [7, 11) is 0. The van der Waals surface area contributed by atoms with Gasteiger partial charge in [0, 0.05) is 18.9 Å². The van der Waals surface area contributed by atoms with Crippen LogP contribution in [-0.2, 0) is 0 Å². The average molecular weight is 284 g/mol. The van der Waals surface area contributed by atoms with Gasteiger partial charge in [0.25, 0.3) is 0 Å². The summed E-state index contributed by atoms with van der Waals surface area (Å²) in [5.41, 5.74) is 0.775. The van der Waals surface area contributed by atoms with Gasteiger partial charge in [0.1, 0.15) is 12.2 Å². The molecule has 0 radical (unpaired) electrons. The number of aromatic nitrogens is 7. The first-order valence-electron chi connectivity index (χ1n) is 7.13. The van der Waals surface area contributed by atoms with Crippen LogP contribution < -0.4 is 4.90 Å². The Bertz CT molecular complexity index is 760. The Morgan fingerprint density at radius 3 is 3.14 bits per heavy atom. The van der Waals surface area contributed by atoms with Gasteiger partial charge in [-0.1, -0.05) is 0 Å². The molecular formula is C13H16N8. The molecule has 1 fully saturated rings. The van der Waals surface area contributed by atoms with Gasteiger partial charge in [0.05, 0.1) is 6.04 Å². The molecule has 1 N–H and O–H groups in total. The maximum absolute atomic E-state index is 4.52. The Morgan fingerprint density at radius 2 is 2.29 bits per heavy atom. The Labute approximate surface area is 121 Å². The van der Waals surface area contributed by atoms with Crippen LogP contribution in [0.5, 0.6) is 0 Å². The molecule has 4 rings (SSSR count). The molecule has 3 aromatic heterocycles. The van der Waals surface area contributed by atoms with Crippen molar-refractivity contribution in [3.8, 4) is 0 Å². The van der Waals surface area contributed by atoms with E-state index in [4.69, 9.17) is 0 Å². The molecule has 1 atom stereocenters. The topological polar surface area (TPSA) is 87.9 Å². The third-order valence-corrected chi connectivity index (χ3v) is 3.88. The highest BCUT2D eigenvalue weighted by Crippen LogP contribution is 2.33. The van der Waals surface area contributed by atoms with Crippen LogP contribution in [0.3, 0.4) is 0 Å². The van der Waals surface area contributed by atoms with Gasteiger partial charge < -0.3 is 4.90 Å². The lowest BCUT2D eigenvalue weighted by Gasteiger charge is -2.34. The summed E-state index contributed by atoms with van der Waals surface area (Å²) in [6.07, 6.45) is 8.65. The summed E-state index contributed by atoms with van der Waals surface area (Å²) in [6, 6.07) is 0.138. The summed E-state index contributed by atoms with van der Waals surface area (Å²) >= 11 is 0. The quantitative estimate of drug-likeness (QED) is 0.762. The van der Waals surface area contributed by atoms with E-state index in [1.807, 2.05) is 17.5 Å². The monoisotopic (exact) mass is 284 g/mol. The van der Waals surface area contributed by atoms with Gasteiger partial charge in [0.15, 0.2) is 11.6 Å². The Kier molecular flexibility index (Phi) is 2.80. The zero-order chi connectivity index (χ0) is 14.2. The van der Waals surface area contributed by atoms with E-state index in [-0.39, 0.29) is 6.04 Å². The fourth-order valence-electron chi connectivity index (χ4n) is 2.91. The first kappa shape index (κ1) is 12.2. The highest BCUT2D eigenvalue weighted by molar-refractivity contribution is 5.64. The second-order valence-electron chi connectivity index (χ2n) is 5.30. The fourth-order valence-corrected chi connectivity index (χ4v) is 2.91. The number of fused-ring (bicyclic) bond motifs is 1. The zero-order valence-electron chi connectivity index (χ0n) is 11.8. The van der Waals surface area contributed by atoms with Crippen molar-refractivity contribution < 1.29 is 0 Å². The Hall–Kier alpha value is -2.51. The molecule has 4 heterocycles. The summed E-state index contributed by atoms with van der Waals surface area (Å²) in [6.45, 7) is 2.85. The summed E-state index contributed by atoms with van der Waals surface area (Å²) in [4.78, 5) is 11.3. The van der Waals surface area contributed by atoms with Crippen LogP contribution >= 0.6 is 0 Å². The normalized spacial score (nSPS) is 19.3. The summed E-state index contributed by atoms with van der Waals surface area (Å²) in [5, 5.41) is 15.4. The molecule has 0 aliphatic carbocycles. The number of nitrogens with one attached hydrogen (secondary N) is 1. The average Bonchev–Trinajstić information content (AvgIpc) is 3.15. The Morgan fingerprint density at radius 1 is 1.33 bits per heavy atom. The van der Waals surface area contributed by atoms with E-state index in [0.717, 1.165) is 42.5 Å². The van der Waals surface area contributed by atoms with Crippen LogP contribution in [0.2, 0.25) is 0 Å². The maximum Gasteiger partial charge on any atom is 0.203 e. The van der Waals surface area contributed by atoms with Crippen LogP contribution in [0, 0.1) is 6.92 Å². The molecule has 0 spiro atoms. The molecule has 8 nitrogen and oxygen atoms in total. The number of nitrogens with zero attached hydrogens (tertiary/aromatic N) is 7. The van der Waals surface area contributed by atoms with Crippen LogP contribution in [0.15, 0.2) is 18.7 Å². The van der Waals surface area contributed by atoms with Gasteiger partial charge in [-0.3, -0.25) is 9.50 Å². The molecule has 108 valence electrons. The van der Waals surface area contributed by atoms with Gasteiger partial charge >= 0.3 is 0 Å². The number of aromatic amines is 1. The number of anilines is 1. The van der Waals surface area contributed by atoms with E-state index < -0.39 is 0 Å². The molecule has 0 bridgehead atoms.